The summed E-state index contributed by atoms with van der Waals surface area (Å²) in [6.07, 6.45) is 3.92. The molecule has 0 aliphatic rings. The lowest BCUT2D eigenvalue weighted by Crippen LogP contribution is -2.20. The maximum Gasteiger partial charge on any atom is 0.266 e. The van der Waals surface area contributed by atoms with Gasteiger partial charge in [0.2, 0.25) is 0 Å². The molecule has 1 aromatic carbocycles. The van der Waals surface area contributed by atoms with Crippen LogP contribution in [0.25, 0.3) is 16.8 Å². The minimum absolute atomic E-state index is 0.221. The van der Waals surface area contributed by atoms with E-state index < -0.39 is 5.82 Å². The predicted octanol–water partition coefficient (Wildman–Crippen LogP) is 3.84. The van der Waals surface area contributed by atoms with Crippen LogP contribution in [0.2, 0.25) is 0 Å². The third kappa shape index (κ3) is 2.64. The Morgan fingerprint density at radius 3 is 2.64 bits per heavy atom. The minimum Gasteiger partial charge on any atom is -0.268 e. The van der Waals surface area contributed by atoms with Gasteiger partial charge in [0.1, 0.15) is 11.5 Å². The molecule has 0 spiro atoms. The second-order valence-corrected chi connectivity index (χ2v) is 5.28. The normalized spacial score (nSPS) is 11.0. The van der Waals surface area contributed by atoms with Crippen molar-refractivity contribution in [2.24, 2.45) is 0 Å². The monoisotopic (exact) mass is 296 g/mol. The van der Waals surface area contributed by atoms with E-state index in [9.17, 15) is 9.18 Å². The van der Waals surface area contributed by atoms with Crippen molar-refractivity contribution in [3.8, 4) is 11.1 Å². The molecule has 0 saturated heterocycles. The fourth-order valence-electron chi connectivity index (χ4n) is 2.58. The van der Waals surface area contributed by atoms with Crippen LogP contribution in [0.1, 0.15) is 25.5 Å². The van der Waals surface area contributed by atoms with E-state index in [2.05, 4.69) is 11.9 Å². The average molecular weight is 296 g/mol. The second kappa shape index (κ2) is 6.10. The predicted molar refractivity (Wildman–Crippen MR) is 85.5 cm³/mol. The molecule has 2 heterocycles. The fraction of sp³-hybridized carbons (Fsp3) is 0.222. The number of halogens is 1. The number of fused-ring (bicyclic) bond motifs is 1. The highest BCUT2D eigenvalue weighted by molar-refractivity contribution is 5.66. The van der Waals surface area contributed by atoms with Crippen molar-refractivity contribution < 1.29 is 4.39 Å². The Bertz CT molecular complexity index is 856. The van der Waals surface area contributed by atoms with Crippen molar-refractivity contribution in [1.29, 1.82) is 0 Å². The molecule has 4 heteroatoms. The summed E-state index contributed by atoms with van der Waals surface area (Å²) in [5, 5.41) is 0. The maximum absolute atomic E-state index is 13.5. The SMILES string of the molecule is CCCCc1nc2ccc(F)cn2c(=O)c1-c1ccccc1. The highest BCUT2D eigenvalue weighted by Gasteiger charge is 2.14. The van der Waals surface area contributed by atoms with E-state index in [-0.39, 0.29) is 5.56 Å². The van der Waals surface area contributed by atoms with Gasteiger partial charge in [0.25, 0.3) is 5.56 Å². The first-order chi connectivity index (χ1) is 10.7. The summed E-state index contributed by atoms with van der Waals surface area (Å²) >= 11 is 0. The first-order valence-corrected chi connectivity index (χ1v) is 7.47. The largest absolute Gasteiger partial charge is 0.268 e. The Hall–Kier alpha value is -2.49. The topological polar surface area (TPSA) is 34.4 Å². The number of benzene rings is 1. The Morgan fingerprint density at radius 1 is 1.14 bits per heavy atom. The van der Waals surface area contributed by atoms with Crippen LogP contribution in [-0.4, -0.2) is 9.38 Å². The minimum atomic E-state index is -0.447. The van der Waals surface area contributed by atoms with Crippen LogP contribution in [-0.2, 0) is 6.42 Å². The van der Waals surface area contributed by atoms with Crippen LogP contribution < -0.4 is 5.56 Å². The van der Waals surface area contributed by atoms with Crippen LogP contribution in [0.3, 0.4) is 0 Å². The lowest BCUT2D eigenvalue weighted by Gasteiger charge is -2.11. The summed E-state index contributed by atoms with van der Waals surface area (Å²) in [5.41, 5.74) is 2.44. The van der Waals surface area contributed by atoms with Crippen molar-refractivity contribution in [3.63, 3.8) is 0 Å². The first kappa shape index (κ1) is 14.4. The van der Waals surface area contributed by atoms with Gasteiger partial charge in [-0.2, -0.15) is 0 Å². The van der Waals surface area contributed by atoms with Crippen molar-refractivity contribution in [2.75, 3.05) is 0 Å². The van der Waals surface area contributed by atoms with E-state index in [4.69, 9.17) is 0 Å². The van der Waals surface area contributed by atoms with Gasteiger partial charge in [-0.05, 0) is 30.5 Å². The summed E-state index contributed by atoms with van der Waals surface area (Å²) in [4.78, 5) is 17.4. The van der Waals surface area contributed by atoms with Gasteiger partial charge in [-0.25, -0.2) is 9.37 Å². The van der Waals surface area contributed by atoms with E-state index in [1.54, 1.807) is 6.07 Å². The third-order valence-corrected chi connectivity index (χ3v) is 3.69. The van der Waals surface area contributed by atoms with Gasteiger partial charge in [-0.15, -0.1) is 0 Å². The average Bonchev–Trinajstić information content (AvgIpc) is 2.54. The van der Waals surface area contributed by atoms with Gasteiger partial charge < -0.3 is 0 Å². The number of rotatable bonds is 4. The lowest BCUT2D eigenvalue weighted by atomic mass is 10.0. The second-order valence-electron chi connectivity index (χ2n) is 5.28. The number of aromatic nitrogens is 2. The zero-order valence-corrected chi connectivity index (χ0v) is 12.4. The summed E-state index contributed by atoms with van der Waals surface area (Å²) < 4.78 is 14.8. The van der Waals surface area contributed by atoms with Crippen LogP contribution >= 0.6 is 0 Å². The molecule has 0 unspecified atom stereocenters. The van der Waals surface area contributed by atoms with Gasteiger partial charge in [0.05, 0.1) is 11.3 Å². The van der Waals surface area contributed by atoms with Crippen LogP contribution in [0.4, 0.5) is 4.39 Å². The molecule has 3 aromatic rings. The molecule has 0 radical (unpaired) electrons. The smallest absolute Gasteiger partial charge is 0.266 e. The Labute approximate surface area is 128 Å². The van der Waals surface area contributed by atoms with Gasteiger partial charge in [0.15, 0.2) is 0 Å². The first-order valence-electron chi connectivity index (χ1n) is 7.47. The lowest BCUT2D eigenvalue weighted by molar-refractivity contribution is 0.617. The van der Waals surface area contributed by atoms with Crippen molar-refractivity contribution in [2.45, 2.75) is 26.2 Å². The summed E-state index contributed by atoms with van der Waals surface area (Å²) in [5.74, 6) is -0.447. The number of hydrogen-bond donors (Lipinski definition) is 0. The van der Waals surface area contributed by atoms with E-state index in [0.29, 0.717) is 11.2 Å². The molecule has 112 valence electrons. The molecule has 0 aliphatic heterocycles. The van der Waals surface area contributed by atoms with E-state index in [0.717, 1.165) is 30.5 Å². The summed E-state index contributed by atoms with van der Waals surface area (Å²) in [7, 11) is 0. The van der Waals surface area contributed by atoms with Crippen molar-refractivity contribution in [3.05, 3.63) is 70.5 Å². The van der Waals surface area contributed by atoms with E-state index in [1.807, 2.05) is 30.3 Å². The van der Waals surface area contributed by atoms with Crippen molar-refractivity contribution in [1.82, 2.24) is 9.38 Å². The van der Waals surface area contributed by atoms with Crippen LogP contribution in [0.15, 0.2) is 53.5 Å². The van der Waals surface area contributed by atoms with Gasteiger partial charge in [0, 0.05) is 6.20 Å². The number of hydrogen-bond acceptors (Lipinski definition) is 2. The number of nitrogens with zero attached hydrogens (tertiary/aromatic N) is 2. The molecule has 0 amide bonds. The molecule has 22 heavy (non-hydrogen) atoms. The van der Waals surface area contributed by atoms with E-state index >= 15 is 0 Å². The van der Waals surface area contributed by atoms with E-state index in [1.165, 1.54) is 16.7 Å². The zero-order chi connectivity index (χ0) is 15.5. The molecular formula is C18H17FN2O. The quantitative estimate of drug-likeness (QED) is 0.733. The molecule has 0 aliphatic carbocycles. The third-order valence-electron chi connectivity index (χ3n) is 3.69. The number of unbranched alkanes of at least 4 members (excludes halogenated alkanes) is 1. The standard InChI is InChI=1S/C18H17FN2O/c1-2-3-9-15-17(13-7-5-4-6-8-13)18(22)21-12-14(19)10-11-16(21)20-15/h4-8,10-12H,2-3,9H2,1H3. The summed E-state index contributed by atoms with van der Waals surface area (Å²) in [6, 6.07) is 12.3. The molecular weight excluding hydrogens is 279 g/mol. The molecule has 0 bridgehead atoms. The molecule has 0 atom stereocenters. The highest BCUT2D eigenvalue weighted by Crippen LogP contribution is 2.21. The van der Waals surface area contributed by atoms with Gasteiger partial charge >= 0.3 is 0 Å². The molecule has 0 N–H and O–H groups in total. The van der Waals surface area contributed by atoms with Gasteiger partial charge in [-0.3, -0.25) is 9.20 Å². The summed E-state index contributed by atoms with van der Waals surface area (Å²) in [6.45, 7) is 2.10. The van der Waals surface area contributed by atoms with Gasteiger partial charge in [-0.1, -0.05) is 43.7 Å². The molecule has 2 aromatic heterocycles. The Kier molecular flexibility index (Phi) is 4.00. The molecule has 0 fully saturated rings. The zero-order valence-electron chi connectivity index (χ0n) is 12.4. The van der Waals surface area contributed by atoms with Crippen LogP contribution in [0.5, 0.6) is 0 Å². The highest BCUT2D eigenvalue weighted by atomic mass is 19.1. The molecule has 3 rings (SSSR count). The fourth-order valence-corrected chi connectivity index (χ4v) is 2.58. The Balaban J connectivity index is 2.30. The maximum atomic E-state index is 13.5. The number of pyridine rings is 1. The number of aryl methyl sites for hydroxylation is 1. The Morgan fingerprint density at radius 2 is 1.91 bits per heavy atom. The van der Waals surface area contributed by atoms with Crippen LogP contribution in [0, 0.1) is 5.82 Å². The van der Waals surface area contributed by atoms with Crippen molar-refractivity contribution >= 4 is 5.65 Å². The molecule has 3 nitrogen and oxygen atoms in total. The molecule has 0 saturated carbocycles.